The molecule has 1 aromatic carbocycles. The Labute approximate surface area is 130 Å². The van der Waals surface area contributed by atoms with Crippen LogP contribution >= 0.6 is 27.5 Å². The molecule has 0 bridgehead atoms. The first kappa shape index (κ1) is 17.6. The van der Waals surface area contributed by atoms with Crippen LogP contribution in [0.4, 0.5) is 23.7 Å². The van der Waals surface area contributed by atoms with Gasteiger partial charge in [0, 0.05) is 4.47 Å². The van der Waals surface area contributed by atoms with Crippen molar-refractivity contribution in [2.45, 2.75) is 6.18 Å². The molecule has 0 atom stereocenters. The van der Waals surface area contributed by atoms with E-state index in [2.05, 4.69) is 21.2 Å². The Morgan fingerprint density at radius 1 is 1.38 bits per heavy atom. The smallest absolute Gasteiger partial charge is 0.406 e. The molecule has 1 aromatic rings. The zero-order valence-corrected chi connectivity index (χ0v) is 12.6. The predicted octanol–water partition coefficient (Wildman–Crippen LogP) is 3.58. The van der Waals surface area contributed by atoms with E-state index in [4.69, 9.17) is 16.7 Å². The number of benzene rings is 1. The zero-order chi connectivity index (χ0) is 16.2. The SMILES string of the molecule is O=C(O)CN(CC(F)(F)F)C(=O)Nc1cc(Br)ccc1Cl. The molecule has 1 rings (SSSR count). The number of halogens is 5. The Balaban J connectivity index is 2.89. The van der Waals surface area contributed by atoms with Crippen molar-refractivity contribution in [1.82, 2.24) is 4.90 Å². The highest BCUT2D eigenvalue weighted by molar-refractivity contribution is 9.10. The number of nitrogens with one attached hydrogen (secondary N) is 1. The summed E-state index contributed by atoms with van der Waals surface area (Å²) in [4.78, 5) is 22.4. The maximum atomic E-state index is 12.4. The molecule has 2 N–H and O–H groups in total. The van der Waals surface area contributed by atoms with Gasteiger partial charge in [-0.15, -0.1) is 0 Å². The van der Waals surface area contributed by atoms with Gasteiger partial charge in [-0.05, 0) is 18.2 Å². The van der Waals surface area contributed by atoms with Crippen LogP contribution in [0.3, 0.4) is 0 Å². The van der Waals surface area contributed by atoms with E-state index in [1.807, 2.05) is 0 Å². The molecule has 0 aliphatic carbocycles. The fourth-order valence-electron chi connectivity index (χ4n) is 1.37. The summed E-state index contributed by atoms with van der Waals surface area (Å²) in [5, 5.41) is 10.8. The van der Waals surface area contributed by atoms with Gasteiger partial charge >= 0.3 is 18.2 Å². The number of hydrogen-bond donors (Lipinski definition) is 2. The molecule has 0 aliphatic rings. The highest BCUT2D eigenvalue weighted by Crippen LogP contribution is 2.26. The number of amides is 2. The largest absolute Gasteiger partial charge is 0.480 e. The number of anilines is 1. The molecule has 0 radical (unpaired) electrons. The molecule has 21 heavy (non-hydrogen) atoms. The van der Waals surface area contributed by atoms with Crippen LogP contribution in [0.15, 0.2) is 22.7 Å². The fourth-order valence-corrected chi connectivity index (χ4v) is 1.89. The number of carbonyl (C=O) groups is 2. The van der Waals surface area contributed by atoms with E-state index < -0.39 is 31.3 Å². The lowest BCUT2D eigenvalue weighted by atomic mass is 10.3. The van der Waals surface area contributed by atoms with Crippen molar-refractivity contribution >= 4 is 45.2 Å². The van der Waals surface area contributed by atoms with Crippen LogP contribution in [-0.2, 0) is 4.79 Å². The van der Waals surface area contributed by atoms with Crippen molar-refractivity contribution in [1.29, 1.82) is 0 Å². The lowest BCUT2D eigenvalue weighted by Crippen LogP contribution is -2.44. The van der Waals surface area contributed by atoms with Crippen LogP contribution in [-0.4, -0.2) is 41.3 Å². The Bertz CT molecular complexity index is 554. The molecular formula is C11H9BrClF3N2O3. The summed E-state index contributed by atoms with van der Waals surface area (Å²) >= 11 is 8.91. The number of nitrogens with zero attached hydrogens (tertiary/aromatic N) is 1. The van der Waals surface area contributed by atoms with E-state index in [1.54, 1.807) is 6.07 Å². The van der Waals surface area contributed by atoms with E-state index in [0.29, 0.717) is 4.47 Å². The number of carboxylic acids is 1. The summed E-state index contributed by atoms with van der Waals surface area (Å²) in [6.07, 6.45) is -4.71. The molecule has 0 fully saturated rings. The molecule has 0 heterocycles. The molecule has 0 saturated heterocycles. The Kier molecular flexibility index (Phi) is 5.85. The molecule has 5 nitrogen and oxygen atoms in total. The summed E-state index contributed by atoms with van der Waals surface area (Å²) in [6, 6.07) is 3.16. The van der Waals surface area contributed by atoms with E-state index in [9.17, 15) is 22.8 Å². The third-order valence-electron chi connectivity index (χ3n) is 2.15. The Morgan fingerprint density at radius 2 is 2.00 bits per heavy atom. The molecule has 0 spiro atoms. The molecule has 2 amide bonds. The number of aliphatic carboxylic acids is 1. The summed E-state index contributed by atoms with van der Waals surface area (Å²) in [6.45, 7) is -2.77. The Morgan fingerprint density at radius 3 is 2.52 bits per heavy atom. The first-order chi connectivity index (χ1) is 9.58. The topological polar surface area (TPSA) is 69.6 Å². The fraction of sp³-hybridized carbons (Fsp3) is 0.273. The van der Waals surface area contributed by atoms with Gasteiger partial charge in [-0.1, -0.05) is 27.5 Å². The molecule has 0 saturated carbocycles. The number of carboxylic acid groups (broad SMARTS) is 1. The number of carbonyl (C=O) groups excluding carboxylic acids is 1. The predicted molar refractivity (Wildman–Crippen MR) is 73.4 cm³/mol. The monoisotopic (exact) mass is 388 g/mol. The van der Waals surface area contributed by atoms with E-state index in [1.165, 1.54) is 12.1 Å². The molecule has 116 valence electrons. The minimum absolute atomic E-state index is 0.0635. The van der Waals surface area contributed by atoms with Crippen LogP contribution in [0.5, 0.6) is 0 Å². The molecular weight excluding hydrogens is 380 g/mol. The molecule has 0 unspecified atom stereocenters. The molecule has 0 aliphatic heterocycles. The summed E-state index contributed by atoms with van der Waals surface area (Å²) < 4.78 is 37.6. The van der Waals surface area contributed by atoms with E-state index in [-0.39, 0.29) is 15.6 Å². The number of hydrogen-bond acceptors (Lipinski definition) is 2. The van der Waals surface area contributed by atoms with Crippen LogP contribution in [0, 0.1) is 0 Å². The summed E-state index contributed by atoms with van der Waals surface area (Å²) in [7, 11) is 0. The number of urea groups is 1. The van der Waals surface area contributed by atoms with Gasteiger partial charge in [0.2, 0.25) is 0 Å². The van der Waals surface area contributed by atoms with Crippen molar-refractivity contribution in [3.63, 3.8) is 0 Å². The minimum Gasteiger partial charge on any atom is -0.480 e. The minimum atomic E-state index is -4.71. The maximum Gasteiger partial charge on any atom is 0.406 e. The van der Waals surface area contributed by atoms with Gasteiger partial charge in [0.15, 0.2) is 0 Å². The highest BCUT2D eigenvalue weighted by atomic mass is 79.9. The van der Waals surface area contributed by atoms with Gasteiger partial charge in [0.25, 0.3) is 0 Å². The number of rotatable bonds is 4. The third kappa shape index (κ3) is 6.21. The van der Waals surface area contributed by atoms with Crippen LogP contribution in [0.2, 0.25) is 5.02 Å². The number of alkyl halides is 3. The van der Waals surface area contributed by atoms with Crippen molar-refractivity contribution in [2.24, 2.45) is 0 Å². The summed E-state index contributed by atoms with van der Waals surface area (Å²) in [5.41, 5.74) is 0.0635. The van der Waals surface area contributed by atoms with Crippen LogP contribution in [0.1, 0.15) is 0 Å². The third-order valence-corrected chi connectivity index (χ3v) is 2.98. The second-order valence-electron chi connectivity index (χ2n) is 3.92. The van der Waals surface area contributed by atoms with Crippen LogP contribution < -0.4 is 5.32 Å². The van der Waals surface area contributed by atoms with Crippen molar-refractivity contribution in [3.8, 4) is 0 Å². The van der Waals surface area contributed by atoms with Crippen LogP contribution in [0.25, 0.3) is 0 Å². The quantitative estimate of drug-likeness (QED) is 0.827. The van der Waals surface area contributed by atoms with Crippen molar-refractivity contribution in [3.05, 3.63) is 27.7 Å². The van der Waals surface area contributed by atoms with E-state index >= 15 is 0 Å². The van der Waals surface area contributed by atoms with E-state index in [0.717, 1.165) is 0 Å². The van der Waals surface area contributed by atoms with Gasteiger partial charge in [0.1, 0.15) is 13.1 Å². The zero-order valence-electron chi connectivity index (χ0n) is 10.2. The average molecular weight is 390 g/mol. The van der Waals surface area contributed by atoms with Gasteiger partial charge in [-0.2, -0.15) is 13.2 Å². The first-order valence-electron chi connectivity index (χ1n) is 5.38. The van der Waals surface area contributed by atoms with Crippen molar-refractivity contribution in [2.75, 3.05) is 18.4 Å². The standard InChI is InChI=1S/C11H9BrClF3N2O3/c12-6-1-2-7(13)8(3-6)17-10(21)18(4-9(19)20)5-11(14,15)16/h1-3H,4-5H2,(H,17,21)(H,19,20). The summed E-state index contributed by atoms with van der Waals surface area (Å²) in [5.74, 6) is -1.56. The molecule has 0 aromatic heterocycles. The van der Waals surface area contributed by atoms with Gasteiger partial charge in [0.05, 0.1) is 10.7 Å². The second kappa shape index (κ2) is 6.99. The lowest BCUT2D eigenvalue weighted by molar-refractivity contribution is -0.148. The highest BCUT2D eigenvalue weighted by Gasteiger charge is 2.34. The normalized spacial score (nSPS) is 11.1. The lowest BCUT2D eigenvalue weighted by Gasteiger charge is -2.22. The first-order valence-corrected chi connectivity index (χ1v) is 6.55. The van der Waals surface area contributed by atoms with Crippen molar-refractivity contribution < 1.29 is 27.9 Å². The van der Waals surface area contributed by atoms with Gasteiger partial charge < -0.3 is 15.3 Å². The van der Waals surface area contributed by atoms with Gasteiger partial charge in [-0.25, -0.2) is 4.79 Å². The van der Waals surface area contributed by atoms with Gasteiger partial charge in [-0.3, -0.25) is 4.79 Å². The molecule has 10 heteroatoms. The Hall–Kier alpha value is -1.48. The second-order valence-corrected chi connectivity index (χ2v) is 5.24. The average Bonchev–Trinajstić information content (AvgIpc) is 2.30. The maximum absolute atomic E-state index is 12.4.